The van der Waals surface area contributed by atoms with Crippen LogP contribution in [0.3, 0.4) is 0 Å². The van der Waals surface area contributed by atoms with Gasteiger partial charge in [-0.1, -0.05) is 36.8 Å². The van der Waals surface area contributed by atoms with Crippen LogP contribution in [0.25, 0.3) is 0 Å². The third kappa shape index (κ3) is 6.74. The van der Waals surface area contributed by atoms with Crippen LogP contribution in [-0.4, -0.2) is 19.0 Å². The topological polar surface area (TPSA) is 55.1 Å². The highest BCUT2D eigenvalue weighted by atomic mass is 16.1. The minimum absolute atomic E-state index is 0.0653. The molecule has 0 aliphatic rings. The number of benzene rings is 1. The molecule has 0 aliphatic carbocycles. The van der Waals surface area contributed by atoms with E-state index >= 15 is 0 Å². The van der Waals surface area contributed by atoms with Crippen molar-refractivity contribution in [2.45, 2.75) is 32.1 Å². The van der Waals surface area contributed by atoms with Crippen LogP contribution < -0.4 is 11.1 Å². The van der Waals surface area contributed by atoms with Gasteiger partial charge >= 0.3 is 0 Å². The predicted octanol–water partition coefficient (Wildman–Crippen LogP) is 1.86. The fraction of sp³-hybridized carbons (Fsp3) is 0.500. The van der Waals surface area contributed by atoms with Gasteiger partial charge in [0.05, 0.1) is 0 Å². The highest BCUT2D eigenvalue weighted by molar-refractivity contribution is 5.75. The molecule has 3 nitrogen and oxygen atoms in total. The number of hydrogen-bond donors (Lipinski definition) is 2. The Bertz CT molecular complexity index is 311. The molecule has 0 bridgehead atoms. The normalized spacial score (nSPS) is 10.2. The third-order valence-corrected chi connectivity index (χ3v) is 2.68. The Morgan fingerprint density at radius 2 is 1.88 bits per heavy atom. The van der Waals surface area contributed by atoms with Gasteiger partial charge in [-0.25, -0.2) is 0 Å². The van der Waals surface area contributed by atoms with Crippen LogP contribution in [-0.2, 0) is 11.2 Å². The van der Waals surface area contributed by atoms with E-state index in [-0.39, 0.29) is 5.91 Å². The molecular weight excluding hydrogens is 212 g/mol. The van der Waals surface area contributed by atoms with E-state index in [0.717, 1.165) is 25.8 Å². The minimum Gasteiger partial charge on any atom is -0.356 e. The smallest absolute Gasteiger partial charge is 0.221 e. The van der Waals surface area contributed by atoms with Crippen molar-refractivity contribution in [1.29, 1.82) is 0 Å². The van der Waals surface area contributed by atoms with Crippen molar-refractivity contribution in [1.82, 2.24) is 5.32 Å². The number of unbranched alkanes of at least 4 members (excludes halogenated alkanes) is 2. The van der Waals surface area contributed by atoms with Crippen LogP contribution in [0.15, 0.2) is 30.3 Å². The van der Waals surface area contributed by atoms with E-state index in [2.05, 4.69) is 29.6 Å². The van der Waals surface area contributed by atoms with Gasteiger partial charge in [-0.2, -0.15) is 0 Å². The number of nitrogens with two attached hydrogens (primary N) is 1. The summed E-state index contributed by atoms with van der Waals surface area (Å²) in [5.41, 5.74) is 6.67. The molecule has 0 aromatic heterocycles. The van der Waals surface area contributed by atoms with E-state index in [9.17, 15) is 4.79 Å². The number of rotatable bonds is 8. The molecule has 0 fully saturated rings. The monoisotopic (exact) mass is 234 g/mol. The highest BCUT2D eigenvalue weighted by Crippen LogP contribution is 2.05. The summed E-state index contributed by atoms with van der Waals surface area (Å²) < 4.78 is 0. The molecule has 17 heavy (non-hydrogen) atoms. The second-order valence-electron chi connectivity index (χ2n) is 4.18. The summed E-state index contributed by atoms with van der Waals surface area (Å²) in [6.07, 6.45) is 4.93. The van der Waals surface area contributed by atoms with Crippen molar-refractivity contribution in [2.24, 2.45) is 5.73 Å². The molecular formula is C14H22N2O. The van der Waals surface area contributed by atoms with Gasteiger partial charge in [-0.15, -0.1) is 0 Å². The number of carbonyl (C=O) groups excluding carboxylic acids is 1. The standard InChI is InChI=1S/C14H22N2O/c15-11-10-14(17)16-12-6-2-5-9-13-7-3-1-4-8-13/h1,3-4,7-8H,2,5-6,9-12,15H2,(H,16,17). The molecule has 0 heterocycles. The second kappa shape index (κ2) is 8.76. The van der Waals surface area contributed by atoms with Crippen LogP contribution in [0.1, 0.15) is 31.2 Å². The first-order chi connectivity index (χ1) is 8.33. The number of carbonyl (C=O) groups is 1. The molecule has 3 N–H and O–H groups in total. The summed E-state index contributed by atoms with van der Waals surface area (Å²) in [6.45, 7) is 1.20. The van der Waals surface area contributed by atoms with Crippen molar-refractivity contribution in [3.63, 3.8) is 0 Å². The van der Waals surface area contributed by atoms with Gasteiger partial charge in [0, 0.05) is 19.5 Å². The van der Waals surface area contributed by atoms with Gasteiger partial charge in [-0.05, 0) is 24.8 Å². The lowest BCUT2D eigenvalue weighted by Gasteiger charge is -2.04. The quantitative estimate of drug-likeness (QED) is 0.675. The number of hydrogen-bond acceptors (Lipinski definition) is 2. The molecule has 94 valence electrons. The van der Waals surface area contributed by atoms with E-state index < -0.39 is 0 Å². The molecule has 1 aromatic rings. The van der Waals surface area contributed by atoms with E-state index in [1.807, 2.05) is 6.07 Å². The van der Waals surface area contributed by atoms with Crippen LogP contribution in [0, 0.1) is 0 Å². The van der Waals surface area contributed by atoms with Crippen LogP contribution in [0.5, 0.6) is 0 Å². The van der Waals surface area contributed by atoms with Crippen molar-refractivity contribution in [2.75, 3.05) is 13.1 Å². The second-order valence-corrected chi connectivity index (χ2v) is 4.18. The van der Waals surface area contributed by atoms with Crippen LogP contribution in [0.4, 0.5) is 0 Å². The zero-order chi connectivity index (χ0) is 12.3. The lowest BCUT2D eigenvalue weighted by Crippen LogP contribution is -2.26. The molecule has 0 radical (unpaired) electrons. The van der Waals surface area contributed by atoms with Crippen molar-refractivity contribution < 1.29 is 4.79 Å². The summed E-state index contributed by atoms with van der Waals surface area (Å²) in [6, 6.07) is 10.5. The minimum atomic E-state index is 0.0653. The maximum absolute atomic E-state index is 11.1. The summed E-state index contributed by atoms with van der Waals surface area (Å²) in [7, 11) is 0. The van der Waals surface area contributed by atoms with Gasteiger partial charge in [0.15, 0.2) is 0 Å². The lowest BCUT2D eigenvalue weighted by atomic mass is 10.1. The Balaban J connectivity index is 1.96. The van der Waals surface area contributed by atoms with Crippen molar-refractivity contribution in [3.05, 3.63) is 35.9 Å². The summed E-state index contributed by atoms with van der Waals surface area (Å²) >= 11 is 0. The summed E-state index contributed by atoms with van der Waals surface area (Å²) in [5, 5.41) is 2.86. The molecule has 0 saturated carbocycles. The van der Waals surface area contributed by atoms with E-state index in [4.69, 9.17) is 5.73 Å². The molecule has 3 heteroatoms. The van der Waals surface area contributed by atoms with Gasteiger partial charge < -0.3 is 11.1 Å². The molecule has 0 saturated heterocycles. The van der Waals surface area contributed by atoms with Crippen LogP contribution >= 0.6 is 0 Å². The maximum Gasteiger partial charge on any atom is 0.221 e. The third-order valence-electron chi connectivity index (χ3n) is 2.68. The average molecular weight is 234 g/mol. The lowest BCUT2D eigenvalue weighted by molar-refractivity contribution is -0.120. The summed E-state index contributed by atoms with van der Waals surface area (Å²) in [5.74, 6) is 0.0653. The van der Waals surface area contributed by atoms with Gasteiger partial charge in [0.1, 0.15) is 0 Å². The molecule has 1 aromatic carbocycles. The highest BCUT2D eigenvalue weighted by Gasteiger charge is 1.97. The first-order valence-electron chi connectivity index (χ1n) is 6.33. The molecule has 0 atom stereocenters. The molecule has 1 amide bonds. The SMILES string of the molecule is NCCC(=O)NCCCCCc1ccccc1. The number of nitrogens with one attached hydrogen (secondary N) is 1. The summed E-state index contributed by atoms with van der Waals surface area (Å²) in [4.78, 5) is 11.1. The fourth-order valence-corrected chi connectivity index (χ4v) is 1.72. The number of aryl methyl sites for hydroxylation is 1. The van der Waals surface area contributed by atoms with Crippen molar-refractivity contribution >= 4 is 5.91 Å². The zero-order valence-electron chi connectivity index (χ0n) is 10.3. The molecule has 0 spiro atoms. The van der Waals surface area contributed by atoms with Gasteiger partial charge in [0.25, 0.3) is 0 Å². The Morgan fingerprint density at radius 3 is 2.59 bits per heavy atom. The Hall–Kier alpha value is -1.35. The average Bonchev–Trinajstić information content (AvgIpc) is 2.35. The van der Waals surface area contributed by atoms with Crippen LogP contribution in [0.2, 0.25) is 0 Å². The zero-order valence-corrected chi connectivity index (χ0v) is 10.3. The first kappa shape index (κ1) is 13.7. The van der Waals surface area contributed by atoms with E-state index in [1.165, 1.54) is 12.0 Å². The fourth-order valence-electron chi connectivity index (χ4n) is 1.72. The van der Waals surface area contributed by atoms with E-state index in [0.29, 0.717) is 13.0 Å². The first-order valence-corrected chi connectivity index (χ1v) is 6.33. The van der Waals surface area contributed by atoms with E-state index in [1.54, 1.807) is 0 Å². The van der Waals surface area contributed by atoms with Gasteiger partial charge in [0.2, 0.25) is 5.91 Å². The number of amides is 1. The Kier molecular flexibility index (Phi) is 7.07. The molecule has 0 unspecified atom stereocenters. The largest absolute Gasteiger partial charge is 0.356 e. The molecule has 1 rings (SSSR count). The predicted molar refractivity (Wildman–Crippen MR) is 70.7 cm³/mol. The molecule has 0 aliphatic heterocycles. The van der Waals surface area contributed by atoms with Gasteiger partial charge in [-0.3, -0.25) is 4.79 Å². The Labute approximate surface area is 103 Å². The Morgan fingerprint density at radius 1 is 1.12 bits per heavy atom. The maximum atomic E-state index is 11.1. The van der Waals surface area contributed by atoms with Crippen molar-refractivity contribution in [3.8, 4) is 0 Å².